The van der Waals surface area contributed by atoms with Crippen LogP contribution in [-0.2, 0) is 11.4 Å². The fourth-order valence-electron chi connectivity index (χ4n) is 4.57. The Morgan fingerprint density at radius 1 is 0.914 bits per heavy atom. The van der Waals surface area contributed by atoms with Crippen LogP contribution in [0.5, 0.6) is 11.5 Å². The number of fused-ring (bicyclic) bond motifs is 2. The van der Waals surface area contributed by atoms with Crippen LogP contribution < -0.4 is 14.4 Å². The van der Waals surface area contributed by atoms with Crippen molar-refractivity contribution >= 4 is 56.6 Å². The Hall–Kier alpha value is -3.32. The van der Waals surface area contributed by atoms with Crippen molar-refractivity contribution in [2.45, 2.75) is 20.5 Å². The van der Waals surface area contributed by atoms with Crippen LogP contribution >= 0.6 is 22.6 Å². The highest BCUT2D eigenvalue weighted by atomic mass is 127. The van der Waals surface area contributed by atoms with Crippen LogP contribution in [0, 0.1) is 3.57 Å². The molecule has 0 saturated heterocycles. The summed E-state index contributed by atoms with van der Waals surface area (Å²) in [5.74, 6) is 1.42. The minimum atomic E-state index is 0.0259. The monoisotopic (exact) mass is 575 g/mol. The zero-order chi connectivity index (χ0) is 24.4. The number of carbonyl (C=O) groups is 1. The number of rotatable bonds is 7. The summed E-state index contributed by atoms with van der Waals surface area (Å²) in [6, 6.07) is 26.5. The van der Waals surface area contributed by atoms with Crippen LogP contribution in [0.25, 0.3) is 22.4 Å². The SMILES string of the molecule is CCOc1cc(/C=C2\C(=O)N(CC)c3ccccc32)cc(I)c1OCc1cccc2ccccc12. The van der Waals surface area contributed by atoms with Crippen molar-refractivity contribution in [2.24, 2.45) is 0 Å². The third-order valence-electron chi connectivity index (χ3n) is 6.17. The van der Waals surface area contributed by atoms with Gasteiger partial charge in [-0.3, -0.25) is 4.79 Å². The Morgan fingerprint density at radius 3 is 2.51 bits per heavy atom. The van der Waals surface area contributed by atoms with Crippen LogP contribution in [-0.4, -0.2) is 19.1 Å². The van der Waals surface area contributed by atoms with Gasteiger partial charge in [-0.2, -0.15) is 0 Å². The van der Waals surface area contributed by atoms with Crippen LogP contribution in [0.1, 0.15) is 30.5 Å². The zero-order valence-electron chi connectivity index (χ0n) is 19.8. The number of amides is 1. The van der Waals surface area contributed by atoms with Gasteiger partial charge in [0.25, 0.3) is 5.91 Å². The Balaban J connectivity index is 1.49. The third kappa shape index (κ3) is 4.52. The van der Waals surface area contributed by atoms with E-state index in [0.29, 0.717) is 31.1 Å². The predicted octanol–water partition coefficient (Wildman–Crippen LogP) is 7.33. The van der Waals surface area contributed by atoms with Crippen molar-refractivity contribution in [1.82, 2.24) is 0 Å². The first-order valence-electron chi connectivity index (χ1n) is 11.8. The molecule has 4 aromatic carbocycles. The number of ether oxygens (including phenoxy) is 2. The van der Waals surface area contributed by atoms with Crippen molar-refractivity contribution in [3.05, 3.63) is 99.1 Å². The standard InChI is InChI=1S/C30H26INO3/c1-3-32-27-15-8-7-14-24(27)25(30(32)33)16-20-17-26(31)29(28(18-20)34-4-2)35-19-22-12-9-11-21-10-5-6-13-23(21)22/h5-18H,3-4,19H2,1-2H3/b25-16-. The largest absolute Gasteiger partial charge is 0.490 e. The van der Waals surface area contributed by atoms with Gasteiger partial charge in [-0.15, -0.1) is 0 Å². The zero-order valence-corrected chi connectivity index (χ0v) is 21.9. The lowest BCUT2D eigenvalue weighted by atomic mass is 10.0. The second-order valence-electron chi connectivity index (χ2n) is 8.31. The van der Waals surface area contributed by atoms with Gasteiger partial charge in [-0.05, 0) is 82.6 Å². The van der Waals surface area contributed by atoms with Gasteiger partial charge in [0.15, 0.2) is 11.5 Å². The molecule has 176 valence electrons. The number of likely N-dealkylation sites (N-methyl/N-ethyl adjacent to an activating group) is 1. The lowest BCUT2D eigenvalue weighted by Gasteiger charge is -2.16. The first-order chi connectivity index (χ1) is 17.1. The topological polar surface area (TPSA) is 38.8 Å². The fraction of sp³-hybridized carbons (Fsp3) is 0.167. The summed E-state index contributed by atoms with van der Waals surface area (Å²) < 4.78 is 13.2. The van der Waals surface area contributed by atoms with E-state index in [2.05, 4.69) is 52.9 Å². The molecule has 1 aliphatic rings. The highest BCUT2D eigenvalue weighted by molar-refractivity contribution is 14.1. The number of nitrogens with zero attached hydrogens (tertiary/aromatic N) is 1. The van der Waals surface area contributed by atoms with Gasteiger partial charge in [0.05, 0.1) is 15.9 Å². The maximum atomic E-state index is 13.1. The van der Waals surface area contributed by atoms with E-state index in [1.54, 1.807) is 0 Å². The maximum Gasteiger partial charge on any atom is 0.258 e. The minimum Gasteiger partial charge on any atom is -0.490 e. The molecule has 35 heavy (non-hydrogen) atoms. The van der Waals surface area contributed by atoms with Gasteiger partial charge < -0.3 is 14.4 Å². The molecule has 0 spiro atoms. The fourth-order valence-corrected chi connectivity index (χ4v) is 5.35. The van der Waals surface area contributed by atoms with Crippen molar-refractivity contribution in [2.75, 3.05) is 18.1 Å². The van der Waals surface area contributed by atoms with E-state index < -0.39 is 0 Å². The van der Waals surface area contributed by atoms with Gasteiger partial charge in [0, 0.05) is 17.7 Å². The van der Waals surface area contributed by atoms with Gasteiger partial charge in [0.1, 0.15) is 6.61 Å². The van der Waals surface area contributed by atoms with Crippen LogP contribution in [0.15, 0.2) is 78.9 Å². The Kier molecular flexibility index (Phi) is 6.77. The first kappa shape index (κ1) is 23.4. The summed E-state index contributed by atoms with van der Waals surface area (Å²) in [5.41, 5.74) is 4.65. The Morgan fingerprint density at radius 2 is 1.69 bits per heavy atom. The molecule has 1 aliphatic heterocycles. The molecule has 0 atom stereocenters. The predicted molar refractivity (Wildman–Crippen MR) is 151 cm³/mol. The molecule has 1 heterocycles. The van der Waals surface area contributed by atoms with Gasteiger partial charge in [0.2, 0.25) is 0 Å². The van der Waals surface area contributed by atoms with Gasteiger partial charge in [-0.25, -0.2) is 0 Å². The lowest BCUT2D eigenvalue weighted by Crippen LogP contribution is -2.25. The molecule has 5 rings (SSSR count). The molecule has 4 nitrogen and oxygen atoms in total. The summed E-state index contributed by atoms with van der Waals surface area (Å²) >= 11 is 2.29. The highest BCUT2D eigenvalue weighted by Crippen LogP contribution is 2.40. The van der Waals surface area contributed by atoms with Crippen molar-refractivity contribution in [3.63, 3.8) is 0 Å². The van der Waals surface area contributed by atoms with Crippen molar-refractivity contribution in [3.8, 4) is 11.5 Å². The molecule has 0 fully saturated rings. The molecule has 0 saturated carbocycles. The number of halogens is 1. The molecule has 0 N–H and O–H groups in total. The molecule has 0 aliphatic carbocycles. The normalized spacial score (nSPS) is 14.0. The molecule has 0 radical (unpaired) electrons. The van der Waals surface area contributed by atoms with Crippen molar-refractivity contribution < 1.29 is 14.3 Å². The Labute approximate surface area is 219 Å². The second kappa shape index (κ2) is 10.1. The quantitative estimate of drug-likeness (QED) is 0.171. The number of hydrogen-bond acceptors (Lipinski definition) is 3. The lowest BCUT2D eigenvalue weighted by molar-refractivity contribution is -0.112. The maximum absolute atomic E-state index is 13.1. The summed E-state index contributed by atoms with van der Waals surface area (Å²) in [6.45, 7) is 5.55. The Bertz CT molecular complexity index is 1440. The number of benzene rings is 4. The van der Waals surface area contributed by atoms with E-state index in [0.717, 1.165) is 31.7 Å². The highest BCUT2D eigenvalue weighted by Gasteiger charge is 2.30. The van der Waals surface area contributed by atoms with Gasteiger partial charge >= 0.3 is 0 Å². The van der Waals surface area contributed by atoms with E-state index in [4.69, 9.17) is 9.47 Å². The van der Waals surface area contributed by atoms with Crippen LogP contribution in [0.3, 0.4) is 0 Å². The van der Waals surface area contributed by atoms with E-state index in [1.807, 2.05) is 73.4 Å². The second-order valence-corrected chi connectivity index (χ2v) is 9.48. The van der Waals surface area contributed by atoms with E-state index in [1.165, 1.54) is 10.8 Å². The number of carbonyl (C=O) groups excluding carboxylic acids is 1. The molecular weight excluding hydrogens is 549 g/mol. The molecule has 1 amide bonds. The summed E-state index contributed by atoms with van der Waals surface area (Å²) in [6.07, 6.45) is 1.95. The average Bonchev–Trinajstić information content (AvgIpc) is 3.14. The average molecular weight is 575 g/mol. The smallest absolute Gasteiger partial charge is 0.258 e. The first-order valence-corrected chi connectivity index (χ1v) is 12.9. The molecular formula is C30H26INO3. The molecule has 0 unspecified atom stereocenters. The number of anilines is 1. The molecule has 5 heteroatoms. The third-order valence-corrected chi connectivity index (χ3v) is 6.97. The number of hydrogen-bond donors (Lipinski definition) is 0. The molecule has 4 aromatic rings. The minimum absolute atomic E-state index is 0.0259. The summed E-state index contributed by atoms with van der Waals surface area (Å²) in [4.78, 5) is 14.9. The number of para-hydroxylation sites is 1. The molecule has 0 aromatic heterocycles. The van der Waals surface area contributed by atoms with Crippen LogP contribution in [0.2, 0.25) is 0 Å². The van der Waals surface area contributed by atoms with Crippen molar-refractivity contribution in [1.29, 1.82) is 0 Å². The van der Waals surface area contributed by atoms with E-state index in [-0.39, 0.29) is 5.91 Å². The van der Waals surface area contributed by atoms with E-state index >= 15 is 0 Å². The summed E-state index contributed by atoms with van der Waals surface area (Å²) in [7, 11) is 0. The summed E-state index contributed by atoms with van der Waals surface area (Å²) in [5, 5.41) is 2.38. The van der Waals surface area contributed by atoms with E-state index in [9.17, 15) is 4.79 Å². The van der Waals surface area contributed by atoms with Crippen LogP contribution in [0.4, 0.5) is 5.69 Å². The van der Waals surface area contributed by atoms with Gasteiger partial charge in [-0.1, -0.05) is 60.7 Å². The molecule has 0 bridgehead atoms.